The zero-order valence-electron chi connectivity index (χ0n) is 8.88. The van der Waals surface area contributed by atoms with Crippen LogP contribution < -0.4 is 6.15 Å². The topological polar surface area (TPSA) is 35.0 Å². The second-order valence-electron chi connectivity index (χ2n) is 3.45. The van der Waals surface area contributed by atoms with Crippen LogP contribution in [0.1, 0.15) is 25.3 Å². The van der Waals surface area contributed by atoms with Gasteiger partial charge >= 0.3 is 19.3 Å². The molecule has 0 aromatic heterocycles. The first kappa shape index (κ1) is 14.2. The van der Waals surface area contributed by atoms with Crippen molar-refractivity contribution in [3.05, 3.63) is 35.9 Å². The van der Waals surface area contributed by atoms with Crippen molar-refractivity contribution in [3.8, 4) is 0 Å². The zero-order chi connectivity index (χ0) is 9.52. The Hall–Kier alpha value is 0.236. The molecule has 0 aliphatic heterocycles. The van der Waals surface area contributed by atoms with Crippen LogP contribution in [0, 0.1) is 0 Å². The highest BCUT2D eigenvalue weighted by molar-refractivity contribution is 6.94. The largest absolute Gasteiger partial charge is 0.504 e. The number of hydrogen-bond donors (Lipinski definition) is 1. The molecule has 3 N–H and O–H groups in total. The van der Waals surface area contributed by atoms with E-state index in [1.54, 1.807) is 0 Å². The van der Waals surface area contributed by atoms with Gasteiger partial charge in [-0.1, -0.05) is 50.1 Å². The van der Waals surface area contributed by atoms with E-state index in [2.05, 4.69) is 37.3 Å². The van der Waals surface area contributed by atoms with Gasteiger partial charge in [-0.05, 0) is 12.0 Å². The van der Waals surface area contributed by atoms with E-state index < -0.39 is 0 Å². The van der Waals surface area contributed by atoms with Crippen LogP contribution >= 0.6 is 9.07 Å². The van der Waals surface area contributed by atoms with Gasteiger partial charge in [0.25, 0.3) is 0 Å². The number of halogens is 1. The molecule has 0 amide bonds. The first-order valence-corrected chi connectivity index (χ1v) is 7.92. The van der Waals surface area contributed by atoms with Gasteiger partial charge in [0.2, 0.25) is 0 Å². The van der Waals surface area contributed by atoms with Crippen molar-refractivity contribution in [2.75, 3.05) is 0 Å². The van der Waals surface area contributed by atoms with Crippen molar-refractivity contribution >= 4 is 28.3 Å². The Morgan fingerprint density at radius 3 is 2.43 bits per heavy atom. The molecule has 0 bridgehead atoms. The molecule has 0 saturated carbocycles. The van der Waals surface area contributed by atoms with Crippen LogP contribution in [0.5, 0.6) is 0 Å². The summed E-state index contributed by atoms with van der Waals surface area (Å²) in [6, 6.07) is 10.7. The average molecular weight is 224 g/mol. The third-order valence-electron chi connectivity index (χ3n) is 2.48. The molecule has 0 spiro atoms. The second kappa shape index (κ2) is 8.54. The summed E-state index contributed by atoms with van der Waals surface area (Å²) < 4.78 is 0.821. The Bertz CT molecular complexity index is 224. The summed E-state index contributed by atoms with van der Waals surface area (Å²) in [6.45, 7) is 2.24. The molecule has 0 saturated heterocycles. The van der Waals surface area contributed by atoms with E-state index in [1.165, 1.54) is 24.8 Å². The predicted octanol–water partition coefficient (Wildman–Crippen LogP) is 3.84. The molecule has 0 aliphatic carbocycles. The van der Waals surface area contributed by atoms with Gasteiger partial charge in [-0.3, -0.25) is 0 Å². The number of aryl methyl sites for hydroxylation is 1. The summed E-state index contributed by atoms with van der Waals surface area (Å²) in [7, 11) is 5.97. The molecule has 1 nitrogen and oxygen atoms in total. The lowest BCUT2D eigenvalue weighted by Gasteiger charge is -2.09. The highest BCUT2D eigenvalue weighted by atomic mass is 35.5. The minimum absolute atomic E-state index is 0. The Labute approximate surface area is 100 Å². The maximum absolute atomic E-state index is 5.97. The van der Waals surface area contributed by atoms with Gasteiger partial charge in [-0.25, -0.2) is 0 Å². The third-order valence-corrected chi connectivity index (χ3v) is 5.21. The van der Waals surface area contributed by atoms with Crippen molar-refractivity contribution in [3.63, 3.8) is 0 Å². The molecule has 0 fully saturated rings. The molecule has 14 heavy (non-hydrogen) atoms. The fourth-order valence-electron chi connectivity index (χ4n) is 1.41. The normalized spacial score (nSPS) is 11.3. The Morgan fingerprint density at radius 2 is 1.93 bits per heavy atom. The van der Waals surface area contributed by atoms with E-state index >= 15 is 0 Å². The maximum Gasteiger partial charge on any atom is 0.504 e. The maximum atomic E-state index is 5.97. The first-order chi connectivity index (χ1) is 6.36. The summed E-state index contributed by atoms with van der Waals surface area (Å²) in [5.41, 5.74) is 1.44. The molecule has 1 rings (SSSR count). The summed E-state index contributed by atoms with van der Waals surface area (Å²) in [6.07, 6.45) is 3.72. The van der Waals surface area contributed by atoms with Gasteiger partial charge in [0.05, 0.1) is 0 Å². The smallest absolute Gasteiger partial charge is 0.346 e. The van der Waals surface area contributed by atoms with Gasteiger partial charge in [-0.2, -0.15) is 0 Å². The van der Waals surface area contributed by atoms with Gasteiger partial charge in [-0.15, -0.1) is 4.05 Å². The van der Waals surface area contributed by atoms with Crippen molar-refractivity contribution in [1.29, 1.82) is 0 Å². The van der Waals surface area contributed by atoms with E-state index in [9.17, 15) is 0 Å². The average Bonchev–Trinajstić information content (AvgIpc) is 2.21. The molecule has 1 unspecified atom stereocenters. The Balaban J connectivity index is 0.00000169. The summed E-state index contributed by atoms with van der Waals surface area (Å²) in [5.74, 6) is 0. The molecule has 0 radical (unpaired) electrons. The minimum Gasteiger partial charge on any atom is -0.346 e. The van der Waals surface area contributed by atoms with Crippen LogP contribution in [0.4, 0.5) is 0 Å². The number of rotatable bonds is 5. The van der Waals surface area contributed by atoms with E-state index in [-0.39, 0.29) is 25.4 Å². The first-order valence-electron chi connectivity index (χ1n) is 4.96. The highest BCUT2D eigenvalue weighted by Gasteiger charge is 2.08. The van der Waals surface area contributed by atoms with Crippen molar-refractivity contribution in [1.82, 2.24) is 6.15 Å². The van der Waals surface area contributed by atoms with Crippen molar-refractivity contribution in [2.24, 2.45) is 0 Å². The van der Waals surface area contributed by atoms with Crippen LogP contribution in [-0.4, -0.2) is 19.3 Å². The lowest BCUT2D eigenvalue weighted by Crippen LogP contribution is -1.98. The number of benzene rings is 1. The molecular formula is C11H18ClMgN. The molecule has 1 aromatic carbocycles. The van der Waals surface area contributed by atoms with Crippen LogP contribution in [0.2, 0.25) is 4.05 Å². The van der Waals surface area contributed by atoms with E-state index in [0.29, 0.717) is 0 Å². The molecule has 1 aromatic rings. The monoisotopic (exact) mass is 223 g/mol. The molecule has 1 atom stereocenters. The predicted molar refractivity (Wildman–Crippen MR) is 65.4 cm³/mol. The SMILES string of the molecule is CC[CH](CCc1ccccc1)[Mg][Cl].N. The standard InChI is InChI=1S/C11H15.ClH.Mg.H3N/c1-2-3-5-8-11-9-6-4-7-10-11;;;/h3-4,6-7,9-10H,2,5,8H2,1H3;1H;;1H3/q;;+1;/p-1. The van der Waals surface area contributed by atoms with Gasteiger partial charge in [0.15, 0.2) is 0 Å². The van der Waals surface area contributed by atoms with Crippen LogP contribution in [-0.2, 0) is 6.42 Å². The third kappa shape index (κ3) is 5.20. The van der Waals surface area contributed by atoms with Crippen LogP contribution in [0.15, 0.2) is 30.3 Å². The summed E-state index contributed by atoms with van der Waals surface area (Å²) >= 11 is -0.316. The Kier molecular flexibility index (Phi) is 8.68. The van der Waals surface area contributed by atoms with Gasteiger partial charge in [0, 0.05) is 0 Å². The lowest BCUT2D eigenvalue weighted by molar-refractivity contribution is 0.713. The van der Waals surface area contributed by atoms with Crippen LogP contribution in [0.3, 0.4) is 0 Å². The zero-order valence-corrected chi connectivity index (χ0v) is 11.0. The Morgan fingerprint density at radius 1 is 1.29 bits per heavy atom. The number of hydrogen-bond acceptors (Lipinski definition) is 1. The van der Waals surface area contributed by atoms with E-state index in [1.807, 2.05) is 0 Å². The van der Waals surface area contributed by atoms with Crippen molar-refractivity contribution < 1.29 is 0 Å². The molecule has 0 aliphatic rings. The minimum atomic E-state index is -0.316. The molecule has 0 heterocycles. The lowest BCUT2D eigenvalue weighted by atomic mass is 10.1. The summed E-state index contributed by atoms with van der Waals surface area (Å²) in [5, 5.41) is 0. The van der Waals surface area contributed by atoms with E-state index in [0.717, 1.165) is 4.05 Å². The molecular weight excluding hydrogens is 206 g/mol. The quantitative estimate of drug-likeness (QED) is 0.757. The van der Waals surface area contributed by atoms with Gasteiger partial charge < -0.3 is 15.2 Å². The highest BCUT2D eigenvalue weighted by Crippen LogP contribution is 2.18. The fraction of sp³-hybridized carbons (Fsp3) is 0.455. The second-order valence-corrected chi connectivity index (χ2v) is 5.84. The van der Waals surface area contributed by atoms with Gasteiger partial charge in [0.1, 0.15) is 0 Å². The molecule has 3 heteroatoms. The van der Waals surface area contributed by atoms with E-state index in [4.69, 9.17) is 9.07 Å². The fourth-order valence-corrected chi connectivity index (χ4v) is 3.10. The van der Waals surface area contributed by atoms with Crippen LogP contribution in [0.25, 0.3) is 0 Å². The molecule has 76 valence electrons. The van der Waals surface area contributed by atoms with Crippen molar-refractivity contribution in [2.45, 2.75) is 30.2 Å². The summed E-state index contributed by atoms with van der Waals surface area (Å²) in [4.78, 5) is 0.